The van der Waals surface area contributed by atoms with Crippen LogP contribution < -0.4 is 10.6 Å². The minimum absolute atomic E-state index is 0.224. The summed E-state index contributed by atoms with van der Waals surface area (Å²) >= 11 is 0. The van der Waals surface area contributed by atoms with Gasteiger partial charge in [0.15, 0.2) is 0 Å². The van der Waals surface area contributed by atoms with Gasteiger partial charge in [-0.15, -0.1) is 0 Å². The van der Waals surface area contributed by atoms with Gasteiger partial charge < -0.3 is 15.7 Å². The topological polar surface area (TPSA) is 75.3 Å². The number of piperidine rings is 1. The first-order chi connectivity index (χ1) is 7.81. The highest BCUT2D eigenvalue weighted by Gasteiger charge is 2.23. The first kappa shape index (κ1) is 11.1. The number of aliphatic hydroxyl groups is 1. The number of anilines is 2. The Kier molecular flexibility index (Phi) is 3.56. The van der Waals surface area contributed by atoms with Crippen molar-refractivity contribution in [2.24, 2.45) is 0 Å². The molecule has 0 aliphatic carbocycles. The summed E-state index contributed by atoms with van der Waals surface area (Å²) in [5.41, 5.74) is 5.59. The van der Waals surface area contributed by atoms with Gasteiger partial charge in [0.05, 0.1) is 0 Å². The molecule has 1 saturated heterocycles. The predicted octanol–water partition coefficient (Wildman–Crippen LogP) is 0.800. The van der Waals surface area contributed by atoms with Crippen LogP contribution >= 0.6 is 0 Å². The third-order valence-corrected chi connectivity index (χ3v) is 3.04. The summed E-state index contributed by atoms with van der Waals surface area (Å²) < 4.78 is 0. The van der Waals surface area contributed by atoms with Crippen molar-refractivity contribution in [3.63, 3.8) is 0 Å². The molecule has 0 bridgehead atoms. The standard InChI is InChI=1S/C11H18N4O/c12-11-13-6-4-10(14-11)15-7-2-1-3-9(15)5-8-16/h4,6,9,16H,1-3,5,7-8H2,(H2,12,13,14). The quantitative estimate of drug-likeness (QED) is 0.791. The van der Waals surface area contributed by atoms with Crippen molar-refractivity contribution in [2.45, 2.75) is 31.7 Å². The molecule has 0 radical (unpaired) electrons. The van der Waals surface area contributed by atoms with Crippen LogP contribution in [0.2, 0.25) is 0 Å². The SMILES string of the molecule is Nc1nccc(N2CCCCC2CCO)n1. The Morgan fingerprint density at radius 1 is 1.50 bits per heavy atom. The lowest BCUT2D eigenvalue weighted by molar-refractivity contribution is 0.262. The summed E-state index contributed by atoms with van der Waals surface area (Å²) in [6, 6.07) is 2.26. The molecule has 1 aliphatic rings. The fraction of sp³-hybridized carbons (Fsp3) is 0.636. The van der Waals surface area contributed by atoms with Crippen LogP contribution in [0.15, 0.2) is 12.3 Å². The van der Waals surface area contributed by atoms with Crippen LogP contribution in [0.25, 0.3) is 0 Å². The Morgan fingerprint density at radius 3 is 3.12 bits per heavy atom. The van der Waals surface area contributed by atoms with Gasteiger partial charge in [0.25, 0.3) is 0 Å². The highest BCUT2D eigenvalue weighted by atomic mass is 16.3. The second-order valence-corrected chi connectivity index (χ2v) is 4.13. The summed E-state index contributed by atoms with van der Waals surface area (Å²) in [5.74, 6) is 1.19. The zero-order valence-corrected chi connectivity index (χ0v) is 9.34. The van der Waals surface area contributed by atoms with E-state index >= 15 is 0 Å². The van der Waals surface area contributed by atoms with Crippen LogP contribution in [0.3, 0.4) is 0 Å². The number of nitrogens with zero attached hydrogens (tertiary/aromatic N) is 3. The van der Waals surface area contributed by atoms with Crippen LogP contribution in [0, 0.1) is 0 Å². The van der Waals surface area contributed by atoms with E-state index in [1.165, 1.54) is 12.8 Å². The Hall–Kier alpha value is -1.36. The van der Waals surface area contributed by atoms with Gasteiger partial charge in [-0.05, 0) is 31.7 Å². The zero-order valence-electron chi connectivity index (χ0n) is 9.34. The molecule has 0 spiro atoms. The molecule has 2 heterocycles. The predicted molar refractivity (Wildman–Crippen MR) is 63.1 cm³/mol. The van der Waals surface area contributed by atoms with Crippen LogP contribution in [0.5, 0.6) is 0 Å². The average Bonchev–Trinajstić information content (AvgIpc) is 2.30. The van der Waals surface area contributed by atoms with Gasteiger partial charge in [0.2, 0.25) is 5.95 Å². The maximum Gasteiger partial charge on any atom is 0.221 e. The second kappa shape index (κ2) is 5.12. The molecule has 1 fully saturated rings. The van der Waals surface area contributed by atoms with E-state index in [-0.39, 0.29) is 6.61 Å². The number of rotatable bonds is 3. The first-order valence-electron chi connectivity index (χ1n) is 5.77. The molecule has 5 heteroatoms. The number of nitrogen functional groups attached to an aromatic ring is 1. The Morgan fingerprint density at radius 2 is 2.38 bits per heavy atom. The van der Waals surface area contributed by atoms with Gasteiger partial charge in [0, 0.05) is 25.4 Å². The van der Waals surface area contributed by atoms with E-state index < -0.39 is 0 Å². The van der Waals surface area contributed by atoms with Crippen LogP contribution in [-0.4, -0.2) is 34.3 Å². The highest BCUT2D eigenvalue weighted by Crippen LogP contribution is 2.24. The minimum atomic E-state index is 0.224. The molecular formula is C11H18N4O. The van der Waals surface area contributed by atoms with Crippen molar-refractivity contribution in [2.75, 3.05) is 23.8 Å². The molecule has 16 heavy (non-hydrogen) atoms. The monoisotopic (exact) mass is 222 g/mol. The van der Waals surface area contributed by atoms with Crippen molar-refractivity contribution in [1.82, 2.24) is 9.97 Å². The van der Waals surface area contributed by atoms with Crippen LogP contribution in [0.1, 0.15) is 25.7 Å². The molecule has 1 unspecified atom stereocenters. The molecule has 1 atom stereocenters. The van der Waals surface area contributed by atoms with Gasteiger partial charge in [-0.1, -0.05) is 0 Å². The van der Waals surface area contributed by atoms with Crippen molar-refractivity contribution in [3.05, 3.63) is 12.3 Å². The molecule has 1 aromatic rings. The van der Waals surface area contributed by atoms with E-state index in [1.54, 1.807) is 6.20 Å². The summed E-state index contributed by atoms with van der Waals surface area (Å²) in [4.78, 5) is 10.4. The summed E-state index contributed by atoms with van der Waals surface area (Å²) in [6.07, 6.45) is 5.99. The van der Waals surface area contributed by atoms with Crippen molar-refractivity contribution in [3.8, 4) is 0 Å². The Labute approximate surface area is 95.3 Å². The molecule has 0 aromatic carbocycles. The maximum absolute atomic E-state index is 9.05. The minimum Gasteiger partial charge on any atom is -0.396 e. The summed E-state index contributed by atoms with van der Waals surface area (Å²) in [6.45, 7) is 1.21. The molecule has 0 amide bonds. The number of hydrogen-bond acceptors (Lipinski definition) is 5. The molecule has 2 rings (SSSR count). The van der Waals surface area contributed by atoms with Gasteiger partial charge in [0.1, 0.15) is 5.82 Å². The third-order valence-electron chi connectivity index (χ3n) is 3.04. The van der Waals surface area contributed by atoms with E-state index in [1.807, 2.05) is 6.07 Å². The molecule has 3 N–H and O–H groups in total. The van der Waals surface area contributed by atoms with E-state index in [0.717, 1.165) is 25.2 Å². The fourth-order valence-corrected chi connectivity index (χ4v) is 2.28. The lowest BCUT2D eigenvalue weighted by Gasteiger charge is -2.36. The fourth-order valence-electron chi connectivity index (χ4n) is 2.28. The lowest BCUT2D eigenvalue weighted by Crippen LogP contribution is -2.40. The normalized spacial score (nSPS) is 21.1. The van der Waals surface area contributed by atoms with Gasteiger partial charge in [-0.25, -0.2) is 4.98 Å². The van der Waals surface area contributed by atoms with Crippen molar-refractivity contribution in [1.29, 1.82) is 0 Å². The molecule has 1 aliphatic heterocycles. The highest BCUT2D eigenvalue weighted by molar-refractivity contribution is 5.42. The number of nitrogens with two attached hydrogens (primary N) is 1. The Bertz CT molecular complexity index is 343. The first-order valence-corrected chi connectivity index (χ1v) is 5.77. The van der Waals surface area contributed by atoms with E-state index in [9.17, 15) is 0 Å². The Balaban J connectivity index is 2.16. The number of aliphatic hydroxyl groups excluding tert-OH is 1. The molecule has 5 nitrogen and oxygen atoms in total. The molecule has 0 saturated carbocycles. The molecule has 1 aromatic heterocycles. The largest absolute Gasteiger partial charge is 0.396 e. The molecular weight excluding hydrogens is 204 g/mol. The van der Waals surface area contributed by atoms with Crippen LogP contribution in [-0.2, 0) is 0 Å². The van der Waals surface area contributed by atoms with Crippen molar-refractivity contribution < 1.29 is 5.11 Å². The lowest BCUT2D eigenvalue weighted by atomic mass is 10.00. The van der Waals surface area contributed by atoms with E-state index in [4.69, 9.17) is 10.8 Å². The summed E-state index contributed by atoms with van der Waals surface area (Å²) in [5, 5.41) is 9.05. The second-order valence-electron chi connectivity index (χ2n) is 4.13. The summed E-state index contributed by atoms with van der Waals surface area (Å²) in [7, 11) is 0. The van der Waals surface area contributed by atoms with Gasteiger partial charge >= 0.3 is 0 Å². The maximum atomic E-state index is 9.05. The van der Waals surface area contributed by atoms with E-state index in [0.29, 0.717) is 12.0 Å². The van der Waals surface area contributed by atoms with Crippen molar-refractivity contribution >= 4 is 11.8 Å². The third kappa shape index (κ3) is 2.41. The number of aromatic nitrogens is 2. The van der Waals surface area contributed by atoms with Gasteiger partial charge in [-0.3, -0.25) is 0 Å². The van der Waals surface area contributed by atoms with Gasteiger partial charge in [-0.2, -0.15) is 4.98 Å². The van der Waals surface area contributed by atoms with E-state index in [2.05, 4.69) is 14.9 Å². The average molecular weight is 222 g/mol. The number of hydrogen-bond donors (Lipinski definition) is 2. The van der Waals surface area contributed by atoms with Crippen LogP contribution in [0.4, 0.5) is 11.8 Å². The molecule has 88 valence electrons. The zero-order chi connectivity index (χ0) is 11.4. The smallest absolute Gasteiger partial charge is 0.221 e.